The molecular formula is C10H17N3O2. The summed E-state index contributed by atoms with van der Waals surface area (Å²) in [6, 6.07) is 0. The first-order valence-corrected chi connectivity index (χ1v) is 4.94. The molecule has 15 heavy (non-hydrogen) atoms. The Morgan fingerprint density at radius 3 is 2.93 bits per heavy atom. The maximum absolute atomic E-state index is 10.8. The molecule has 0 aliphatic rings. The maximum Gasteiger partial charge on any atom is 0.305 e. The van der Waals surface area contributed by atoms with E-state index in [1.54, 1.807) is 4.68 Å². The van der Waals surface area contributed by atoms with Gasteiger partial charge < -0.3 is 10.1 Å². The van der Waals surface area contributed by atoms with E-state index in [4.69, 9.17) is 0 Å². The second kappa shape index (κ2) is 5.38. The second-order valence-electron chi connectivity index (χ2n) is 3.41. The quantitative estimate of drug-likeness (QED) is 0.585. The van der Waals surface area contributed by atoms with Crippen LogP contribution in [-0.2, 0) is 16.6 Å². The molecule has 0 aromatic carbocycles. The third-order valence-corrected chi connectivity index (χ3v) is 2.11. The molecule has 0 spiro atoms. The van der Waals surface area contributed by atoms with Gasteiger partial charge in [0.25, 0.3) is 0 Å². The van der Waals surface area contributed by atoms with Crippen molar-refractivity contribution in [2.45, 2.75) is 19.8 Å². The molecule has 0 atom stereocenters. The fourth-order valence-corrected chi connectivity index (χ4v) is 1.33. The Bertz CT molecular complexity index is 333. The highest BCUT2D eigenvalue weighted by Gasteiger charge is 2.03. The van der Waals surface area contributed by atoms with Crippen LogP contribution in [0.25, 0.3) is 0 Å². The lowest BCUT2D eigenvalue weighted by Crippen LogP contribution is -2.06. The third kappa shape index (κ3) is 3.61. The summed E-state index contributed by atoms with van der Waals surface area (Å²) in [5.74, 6) is -0.167. The molecule has 1 heterocycles. The molecule has 0 radical (unpaired) electrons. The molecule has 0 saturated carbocycles. The molecule has 0 unspecified atom stereocenters. The zero-order valence-corrected chi connectivity index (χ0v) is 9.41. The van der Waals surface area contributed by atoms with Crippen LogP contribution in [0.5, 0.6) is 0 Å². The number of hydrogen-bond donors (Lipinski definition) is 1. The lowest BCUT2D eigenvalue weighted by molar-refractivity contribution is -0.140. The van der Waals surface area contributed by atoms with Crippen LogP contribution in [0.4, 0.5) is 5.69 Å². The van der Waals surface area contributed by atoms with Gasteiger partial charge in [0.2, 0.25) is 0 Å². The van der Waals surface area contributed by atoms with Crippen LogP contribution in [0.1, 0.15) is 18.5 Å². The van der Waals surface area contributed by atoms with Crippen LogP contribution in [0.15, 0.2) is 6.20 Å². The minimum absolute atomic E-state index is 0.167. The third-order valence-electron chi connectivity index (χ3n) is 2.11. The predicted octanol–water partition coefficient (Wildman–Crippen LogP) is 1.09. The highest BCUT2D eigenvalue weighted by molar-refractivity contribution is 5.69. The van der Waals surface area contributed by atoms with E-state index in [0.29, 0.717) is 6.42 Å². The van der Waals surface area contributed by atoms with E-state index in [1.807, 2.05) is 20.2 Å². The summed E-state index contributed by atoms with van der Waals surface area (Å²) in [5.41, 5.74) is 1.98. The zero-order chi connectivity index (χ0) is 11.3. The number of nitrogens with one attached hydrogen (secondary N) is 1. The van der Waals surface area contributed by atoms with Crippen LogP contribution in [-0.4, -0.2) is 29.4 Å². The second-order valence-corrected chi connectivity index (χ2v) is 3.41. The number of carbonyl (C=O) groups excluding carboxylic acids is 1. The lowest BCUT2D eigenvalue weighted by Gasteiger charge is -2.03. The minimum Gasteiger partial charge on any atom is -0.469 e. The number of aryl methyl sites for hydroxylation is 2. The Morgan fingerprint density at radius 2 is 2.40 bits per heavy atom. The van der Waals surface area contributed by atoms with E-state index < -0.39 is 0 Å². The number of nitrogens with zero attached hydrogens (tertiary/aromatic N) is 2. The number of aromatic nitrogens is 2. The van der Waals surface area contributed by atoms with Gasteiger partial charge in [-0.15, -0.1) is 0 Å². The summed E-state index contributed by atoms with van der Waals surface area (Å²) in [7, 11) is 3.29. The topological polar surface area (TPSA) is 56.1 Å². The molecule has 5 nitrogen and oxygen atoms in total. The van der Waals surface area contributed by atoms with Crippen molar-refractivity contribution in [1.82, 2.24) is 9.78 Å². The molecule has 1 aromatic rings. The van der Waals surface area contributed by atoms with E-state index in [1.165, 1.54) is 7.11 Å². The van der Waals surface area contributed by atoms with Crippen molar-refractivity contribution in [3.05, 3.63) is 11.9 Å². The minimum atomic E-state index is -0.167. The molecule has 0 aliphatic heterocycles. The summed E-state index contributed by atoms with van der Waals surface area (Å²) in [6.45, 7) is 2.70. The van der Waals surface area contributed by atoms with Gasteiger partial charge in [0.05, 0.1) is 18.5 Å². The molecule has 0 saturated heterocycles. The Hall–Kier alpha value is -1.52. The number of esters is 1. The highest BCUT2D eigenvalue weighted by Crippen LogP contribution is 2.11. The lowest BCUT2D eigenvalue weighted by atomic mass is 10.3. The summed E-state index contributed by atoms with van der Waals surface area (Å²) in [4.78, 5) is 10.8. The Morgan fingerprint density at radius 1 is 1.67 bits per heavy atom. The molecule has 84 valence electrons. The fraction of sp³-hybridized carbons (Fsp3) is 0.600. The molecule has 0 amide bonds. The molecule has 5 heteroatoms. The smallest absolute Gasteiger partial charge is 0.305 e. The van der Waals surface area contributed by atoms with Crippen LogP contribution in [0, 0.1) is 6.92 Å². The summed E-state index contributed by atoms with van der Waals surface area (Å²) >= 11 is 0. The maximum atomic E-state index is 10.8. The molecule has 1 aromatic heterocycles. The van der Waals surface area contributed by atoms with E-state index in [0.717, 1.165) is 24.3 Å². The van der Waals surface area contributed by atoms with E-state index in [2.05, 4.69) is 15.2 Å². The molecule has 0 fully saturated rings. The number of anilines is 1. The van der Waals surface area contributed by atoms with Crippen molar-refractivity contribution in [2.75, 3.05) is 19.0 Å². The number of ether oxygens (including phenoxy) is 1. The standard InChI is InChI=1S/C10H17N3O2/c1-8-9(7-13(2)12-8)11-6-4-5-10(14)15-3/h7,11H,4-6H2,1-3H3. The van der Waals surface area contributed by atoms with Crippen LogP contribution < -0.4 is 5.32 Å². The summed E-state index contributed by atoms with van der Waals surface area (Å²) in [6.07, 6.45) is 3.14. The van der Waals surface area contributed by atoms with Crippen LogP contribution in [0.2, 0.25) is 0 Å². The zero-order valence-electron chi connectivity index (χ0n) is 9.41. The van der Waals surface area contributed by atoms with E-state index in [-0.39, 0.29) is 5.97 Å². The normalized spacial score (nSPS) is 10.1. The van der Waals surface area contributed by atoms with Gasteiger partial charge >= 0.3 is 5.97 Å². The molecule has 0 aliphatic carbocycles. The first-order valence-electron chi connectivity index (χ1n) is 4.94. The van der Waals surface area contributed by atoms with Crippen molar-refractivity contribution in [3.63, 3.8) is 0 Å². The fourth-order valence-electron chi connectivity index (χ4n) is 1.33. The number of methoxy groups -OCH3 is 1. The molecule has 1 rings (SSSR count). The van der Waals surface area contributed by atoms with Crippen LogP contribution in [0.3, 0.4) is 0 Å². The molecule has 1 N–H and O–H groups in total. The van der Waals surface area contributed by atoms with Gasteiger partial charge in [-0.3, -0.25) is 9.48 Å². The Labute approximate surface area is 89.4 Å². The van der Waals surface area contributed by atoms with Gasteiger partial charge in [0.1, 0.15) is 0 Å². The van der Waals surface area contributed by atoms with Gasteiger partial charge in [-0.25, -0.2) is 0 Å². The number of carbonyl (C=O) groups is 1. The van der Waals surface area contributed by atoms with Crippen LogP contribution >= 0.6 is 0 Å². The Balaban J connectivity index is 2.26. The van der Waals surface area contributed by atoms with Gasteiger partial charge in [0, 0.05) is 26.2 Å². The average Bonchev–Trinajstić information content (AvgIpc) is 2.52. The number of hydrogen-bond acceptors (Lipinski definition) is 4. The molecular weight excluding hydrogens is 194 g/mol. The van der Waals surface area contributed by atoms with Gasteiger partial charge in [0.15, 0.2) is 0 Å². The predicted molar refractivity (Wildman–Crippen MR) is 57.7 cm³/mol. The van der Waals surface area contributed by atoms with Crippen molar-refractivity contribution in [3.8, 4) is 0 Å². The first kappa shape index (κ1) is 11.6. The Kier molecular flexibility index (Phi) is 4.15. The van der Waals surface area contributed by atoms with Crippen molar-refractivity contribution < 1.29 is 9.53 Å². The van der Waals surface area contributed by atoms with Gasteiger partial charge in [-0.2, -0.15) is 5.10 Å². The first-order chi connectivity index (χ1) is 7.13. The summed E-state index contributed by atoms with van der Waals surface area (Å²) < 4.78 is 6.31. The van der Waals surface area contributed by atoms with Crippen molar-refractivity contribution in [1.29, 1.82) is 0 Å². The molecule has 0 bridgehead atoms. The average molecular weight is 211 g/mol. The number of rotatable bonds is 5. The van der Waals surface area contributed by atoms with Gasteiger partial charge in [-0.1, -0.05) is 0 Å². The van der Waals surface area contributed by atoms with Crippen molar-refractivity contribution >= 4 is 11.7 Å². The van der Waals surface area contributed by atoms with E-state index >= 15 is 0 Å². The SMILES string of the molecule is COC(=O)CCCNc1cn(C)nc1C. The van der Waals surface area contributed by atoms with E-state index in [9.17, 15) is 4.79 Å². The monoisotopic (exact) mass is 211 g/mol. The summed E-state index contributed by atoms with van der Waals surface area (Å²) in [5, 5.41) is 7.43. The largest absolute Gasteiger partial charge is 0.469 e. The highest BCUT2D eigenvalue weighted by atomic mass is 16.5. The van der Waals surface area contributed by atoms with Crippen molar-refractivity contribution in [2.24, 2.45) is 7.05 Å². The van der Waals surface area contributed by atoms with Gasteiger partial charge in [-0.05, 0) is 13.3 Å².